The number of nitrogens with one attached hydrogen (secondary N) is 1. The second kappa shape index (κ2) is 4.26. The minimum absolute atomic E-state index is 0.857. The van der Waals surface area contributed by atoms with E-state index in [4.69, 9.17) is 0 Å². The highest BCUT2D eigenvalue weighted by molar-refractivity contribution is 5.57. The normalized spacial score (nSPS) is 10.1. The van der Waals surface area contributed by atoms with E-state index in [1.54, 1.807) is 0 Å². The van der Waals surface area contributed by atoms with Crippen LogP contribution in [0.2, 0.25) is 0 Å². The largest absolute Gasteiger partial charge is 0.373 e. The van der Waals surface area contributed by atoms with Gasteiger partial charge < -0.3 is 10.2 Å². The highest BCUT2D eigenvalue weighted by atomic mass is 15.2. The second-order valence-electron chi connectivity index (χ2n) is 3.44. The summed E-state index contributed by atoms with van der Waals surface area (Å²) >= 11 is 0. The van der Waals surface area contributed by atoms with Gasteiger partial charge >= 0.3 is 0 Å². The topological polar surface area (TPSA) is 41.1 Å². The molecule has 78 valence electrons. The predicted molar refractivity (Wildman–Crippen MR) is 60.0 cm³/mol. The number of aromatic nitrogens is 2. The fourth-order valence-corrected chi connectivity index (χ4v) is 1.39. The quantitative estimate of drug-likeness (QED) is 0.791. The van der Waals surface area contributed by atoms with Gasteiger partial charge in [0.05, 0.1) is 0 Å². The van der Waals surface area contributed by atoms with Gasteiger partial charge in [-0.15, -0.1) is 0 Å². The van der Waals surface area contributed by atoms with Gasteiger partial charge in [0.2, 0.25) is 0 Å². The minimum atomic E-state index is 0.857. The van der Waals surface area contributed by atoms with Crippen molar-refractivity contribution in [2.45, 2.75) is 20.3 Å². The van der Waals surface area contributed by atoms with Crippen LogP contribution in [0.1, 0.15) is 18.3 Å². The molecule has 1 heterocycles. The first-order valence-corrected chi connectivity index (χ1v) is 4.82. The molecule has 4 heteroatoms. The lowest BCUT2D eigenvalue weighted by Gasteiger charge is -2.17. The first kappa shape index (κ1) is 10.8. The first-order valence-electron chi connectivity index (χ1n) is 4.82. The van der Waals surface area contributed by atoms with Gasteiger partial charge in [0.15, 0.2) is 0 Å². The number of aryl methyl sites for hydroxylation is 1. The molecule has 0 radical (unpaired) electrons. The van der Waals surface area contributed by atoms with Gasteiger partial charge in [0.25, 0.3) is 0 Å². The Hall–Kier alpha value is -1.32. The van der Waals surface area contributed by atoms with E-state index in [-0.39, 0.29) is 0 Å². The third-order valence-corrected chi connectivity index (χ3v) is 2.14. The van der Waals surface area contributed by atoms with Crippen LogP contribution in [0.3, 0.4) is 0 Å². The highest BCUT2D eigenvalue weighted by Gasteiger charge is 2.09. The van der Waals surface area contributed by atoms with Crippen molar-refractivity contribution in [3.8, 4) is 0 Å². The van der Waals surface area contributed by atoms with E-state index in [9.17, 15) is 0 Å². The molecule has 0 atom stereocenters. The van der Waals surface area contributed by atoms with Gasteiger partial charge in [-0.05, 0) is 6.92 Å². The van der Waals surface area contributed by atoms with Crippen molar-refractivity contribution >= 4 is 11.6 Å². The number of hydrogen-bond acceptors (Lipinski definition) is 4. The summed E-state index contributed by atoms with van der Waals surface area (Å²) in [7, 11) is 5.87. The number of nitrogens with zero attached hydrogens (tertiary/aromatic N) is 3. The van der Waals surface area contributed by atoms with Gasteiger partial charge in [-0.25, -0.2) is 9.97 Å². The molecule has 0 spiro atoms. The number of anilines is 2. The van der Waals surface area contributed by atoms with E-state index in [1.807, 2.05) is 33.0 Å². The van der Waals surface area contributed by atoms with Crippen molar-refractivity contribution in [1.82, 2.24) is 9.97 Å². The maximum Gasteiger partial charge on any atom is 0.136 e. The van der Waals surface area contributed by atoms with Crippen LogP contribution in [-0.2, 0) is 6.42 Å². The summed E-state index contributed by atoms with van der Waals surface area (Å²) in [6.45, 7) is 4.09. The molecule has 0 bridgehead atoms. The Kier molecular flexibility index (Phi) is 3.28. The van der Waals surface area contributed by atoms with Crippen LogP contribution < -0.4 is 10.2 Å². The van der Waals surface area contributed by atoms with E-state index in [1.165, 1.54) is 0 Å². The maximum atomic E-state index is 4.47. The third-order valence-electron chi connectivity index (χ3n) is 2.14. The van der Waals surface area contributed by atoms with Crippen molar-refractivity contribution in [3.05, 3.63) is 11.4 Å². The SMILES string of the molecule is CCc1nc(NC)c(C)c(N(C)C)n1. The lowest BCUT2D eigenvalue weighted by Crippen LogP contribution is -2.15. The molecule has 14 heavy (non-hydrogen) atoms. The maximum absolute atomic E-state index is 4.47. The van der Waals surface area contributed by atoms with E-state index in [0.717, 1.165) is 29.4 Å². The van der Waals surface area contributed by atoms with Gasteiger partial charge in [0, 0.05) is 33.1 Å². The molecule has 0 aliphatic carbocycles. The molecular formula is C10H18N4. The van der Waals surface area contributed by atoms with Crippen LogP contribution in [0, 0.1) is 6.92 Å². The number of rotatable bonds is 3. The Bertz CT molecular complexity index is 320. The van der Waals surface area contributed by atoms with Crippen molar-refractivity contribution in [3.63, 3.8) is 0 Å². The minimum Gasteiger partial charge on any atom is -0.373 e. The Morgan fingerprint density at radius 1 is 1.29 bits per heavy atom. The van der Waals surface area contributed by atoms with Crippen molar-refractivity contribution in [2.75, 3.05) is 31.4 Å². The molecular weight excluding hydrogens is 176 g/mol. The van der Waals surface area contributed by atoms with Crippen molar-refractivity contribution in [1.29, 1.82) is 0 Å². The van der Waals surface area contributed by atoms with E-state index < -0.39 is 0 Å². The molecule has 0 aliphatic heterocycles. The average Bonchev–Trinajstić information content (AvgIpc) is 2.17. The van der Waals surface area contributed by atoms with Gasteiger partial charge in [-0.3, -0.25) is 0 Å². The van der Waals surface area contributed by atoms with Gasteiger partial charge in [-0.1, -0.05) is 6.92 Å². The summed E-state index contributed by atoms with van der Waals surface area (Å²) < 4.78 is 0. The zero-order chi connectivity index (χ0) is 10.7. The lowest BCUT2D eigenvalue weighted by atomic mass is 10.3. The van der Waals surface area contributed by atoms with E-state index in [2.05, 4.69) is 22.2 Å². The Morgan fingerprint density at radius 3 is 2.36 bits per heavy atom. The van der Waals surface area contributed by atoms with Crippen LogP contribution in [0.25, 0.3) is 0 Å². The molecule has 0 aromatic carbocycles. The summed E-state index contributed by atoms with van der Waals surface area (Å²) in [6, 6.07) is 0. The van der Waals surface area contributed by atoms with Crippen LogP contribution in [-0.4, -0.2) is 31.1 Å². The number of hydrogen-bond donors (Lipinski definition) is 1. The van der Waals surface area contributed by atoms with Crippen LogP contribution in [0.15, 0.2) is 0 Å². The molecule has 4 nitrogen and oxygen atoms in total. The molecule has 0 saturated carbocycles. The van der Waals surface area contributed by atoms with Gasteiger partial charge in [-0.2, -0.15) is 0 Å². The fraction of sp³-hybridized carbons (Fsp3) is 0.600. The molecule has 0 fully saturated rings. The summed E-state index contributed by atoms with van der Waals surface area (Å²) in [5.41, 5.74) is 1.09. The van der Waals surface area contributed by atoms with E-state index in [0.29, 0.717) is 0 Å². The molecule has 1 aromatic rings. The smallest absolute Gasteiger partial charge is 0.136 e. The van der Waals surface area contributed by atoms with Crippen molar-refractivity contribution < 1.29 is 0 Å². The predicted octanol–water partition coefficient (Wildman–Crippen LogP) is 1.46. The van der Waals surface area contributed by atoms with Crippen LogP contribution in [0.5, 0.6) is 0 Å². The summed E-state index contributed by atoms with van der Waals surface area (Å²) in [6.07, 6.45) is 0.857. The zero-order valence-corrected chi connectivity index (χ0v) is 9.55. The lowest BCUT2D eigenvalue weighted by molar-refractivity contribution is 0.907. The van der Waals surface area contributed by atoms with Crippen molar-refractivity contribution in [2.24, 2.45) is 0 Å². The summed E-state index contributed by atoms with van der Waals surface area (Å²) in [4.78, 5) is 10.9. The fourth-order valence-electron chi connectivity index (χ4n) is 1.39. The highest BCUT2D eigenvalue weighted by Crippen LogP contribution is 2.21. The Labute approximate surface area is 85.4 Å². The molecule has 1 aromatic heterocycles. The molecule has 0 amide bonds. The first-order chi connectivity index (χ1) is 6.60. The Morgan fingerprint density at radius 2 is 1.93 bits per heavy atom. The third kappa shape index (κ3) is 1.95. The standard InChI is InChI=1S/C10H18N4/c1-6-8-12-9(11-3)7(2)10(13-8)14(4)5/h6H2,1-5H3,(H,11,12,13). The molecule has 0 aliphatic rings. The molecule has 1 N–H and O–H groups in total. The monoisotopic (exact) mass is 194 g/mol. The Balaban J connectivity index is 3.27. The van der Waals surface area contributed by atoms with Gasteiger partial charge in [0.1, 0.15) is 17.5 Å². The van der Waals surface area contributed by atoms with Crippen LogP contribution in [0.4, 0.5) is 11.6 Å². The average molecular weight is 194 g/mol. The van der Waals surface area contributed by atoms with Crippen LogP contribution >= 0.6 is 0 Å². The molecule has 0 unspecified atom stereocenters. The van der Waals surface area contributed by atoms with E-state index >= 15 is 0 Å². The zero-order valence-electron chi connectivity index (χ0n) is 9.55. The second-order valence-corrected chi connectivity index (χ2v) is 3.44. The molecule has 1 rings (SSSR count). The molecule has 0 saturated heterocycles. The summed E-state index contributed by atoms with van der Waals surface area (Å²) in [5, 5.41) is 3.09. The summed E-state index contributed by atoms with van der Waals surface area (Å²) in [5.74, 6) is 2.78.